The molecule has 3 heteroatoms. The first-order valence-corrected chi connectivity index (χ1v) is 6.28. The molecular weight excluding hydrogens is 222 g/mol. The van der Waals surface area contributed by atoms with E-state index in [1.54, 1.807) is 0 Å². The molecule has 0 saturated heterocycles. The van der Waals surface area contributed by atoms with Gasteiger partial charge in [0.15, 0.2) is 0 Å². The van der Waals surface area contributed by atoms with Crippen LogP contribution in [0.25, 0.3) is 0 Å². The van der Waals surface area contributed by atoms with Crippen molar-refractivity contribution in [3.63, 3.8) is 0 Å². The fourth-order valence-corrected chi connectivity index (χ4v) is 2.14. The summed E-state index contributed by atoms with van der Waals surface area (Å²) < 4.78 is 0. The summed E-state index contributed by atoms with van der Waals surface area (Å²) in [5.41, 5.74) is 4.76. The van der Waals surface area contributed by atoms with E-state index in [4.69, 9.17) is 0 Å². The molecule has 1 unspecified atom stereocenters. The van der Waals surface area contributed by atoms with Crippen molar-refractivity contribution < 1.29 is 0 Å². The van der Waals surface area contributed by atoms with Gasteiger partial charge in [0.1, 0.15) is 0 Å². The zero-order chi connectivity index (χ0) is 13.0. The number of pyridine rings is 2. The second-order valence-electron chi connectivity index (χ2n) is 4.45. The highest BCUT2D eigenvalue weighted by atomic mass is 14.9. The molecule has 0 fully saturated rings. The minimum atomic E-state index is 0.186. The number of aryl methyl sites for hydroxylation is 2. The molecule has 1 atom stereocenters. The lowest BCUT2D eigenvalue weighted by molar-refractivity contribution is 0.624. The number of nitrogens with one attached hydrogen (secondary N) is 1. The molecule has 3 nitrogen and oxygen atoms in total. The molecule has 0 spiro atoms. The van der Waals surface area contributed by atoms with Crippen LogP contribution in [0.3, 0.4) is 0 Å². The van der Waals surface area contributed by atoms with E-state index in [-0.39, 0.29) is 6.04 Å². The fourth-order valence-electron chi connectivity index (χ4n) is 2.14. The lowest BCUT2D eigenvalue weighted by Crippen LogP contribution is -2.23. The van der Waals surface area contributed by atoms with Gasteiger partial charge in [-0.3, -0.25) is 9.97 Å². The molecule has 0 aromatic carbocycles. The smallest absolute Gasteiger partial charge is 0.0595 e. The van der Waals surface area contributed by atoms with Crippen LogP contribution in [-0.2, 0) is 0 Å². The molecule has 2 heterocycles. The monoisotopic (exact) mass is 241 g/mol. The van der Waals surface area contributed by atoms with Crippen LogP contribution < -0.4 is 5.32 Å². The second kappa shape index (κ2) is 5.74. The summed E-state index contributed by atoms with van der Waals surface area (Å²) >= 11 is 0. The SMILES string of the molecule is CCNC(c1ccnc(C)c1)c1cnccc1C. The Morgan fingerprint density at radius 2 is 2.06 bits per heavy atom. The Balaban J connectivity index is 2.43. The molecule has 0 aliphatic rings. The third-order valence-electron chi connectivity index (χ3n) is 3.05. The first-order valence-electron chi connectivity index (χ1n) is 6.28. The Kier molecular flexibility index (Phi) is 4.05. The van der Waals surface area contributed by atoms with Crippen molar-refractivity contribution >= 4 is 0 Å². The number of nitrogens with zero attached hydrogens (tertiary/aromatic N) is 2. The Labute approximate surface area is 108 Å². The molecule has 2 rings (SSSR count). The van der Waals surface area contributed by atoms with E-state index in [1.165, 1.54) is 16.7 Å². The van der Waals surface area contributed by atoms with E-state index in [2.05, 4.69) is 41.3 Å². The van der Waals surface area contributed by atoms with E-state index >= 15 is 0 Å². The standard InChI is InChI=1S/C15H19N3/c1-4-17-15(13-6-8-18-12(3)9-13)14-10-16-7-5-11(14)2/h5-10,15,17H,4H2,1-3H3. The van der Waals surface area contributed by atoms with Crippen molar-refractivity contribution in [2.24, 2.45) is 0 Å². The normalized spacial score (nSPS) is 12.4. The van der Waals surface area contributed by atoms with Crippen LogP contribution in [0.4, 0.5) is 0 Å². The van der Waals surface area contributed by atoms with Gasteiger partial charge in [-0.25, -0.2) is 0 Å². The molecule has 0 aliphatic carbocycles. The molecule has 0 radical (unpaired) electrons. The summed E-state index contributed by atoms with van der Waals surface area (Å²) in [6.45, 7) is 7.17. The highest BCUT2D eigenvalue weighted by Crippen LogP contribution is 2.24. The van der Waals surface area contributed by atoms with Crippen LogP contribution in [0, 0.1) is 13.8 Å². The van der Waals surface area contributed by atoms with Gasteiger partial charge in [0.25, 0.3) is 0 Å². The zero-order valence-electron chi connectivity index (χ0n) is 11.1. The topological polar surface area (TPSA) is 37.8 Å². The predicted octanol–water partition coefficient (Wildman–Crippen LogP) is 2.79. The van der Waals surface area contributed by atoms with Crippen molar-refractivity contribution in [3.05, 3.63) is 59.2 Å². The maximum Gasteiger partial charge on any atom is 0.0595 e. The predicted molar refractivity (Wildman–Crippen MR) is 73.5 cm³/mol. The van der Waals surface area contributed by atoms with Crippen LogP contribution >= 0.6 is 0 Å². The average Bonchev–Trinajstić information content (AvgIpc) is 2.37. The number of aromatic nitrogens is 2. The molecule has 0 bridgehead atoms. The number of hydrogen-bond donors (Lipinski definition) is 1. The quantitative estimate of drug-likeness (QED) is 0.894. The summed E-state index contributed by atoms with van der Waals surface area (Å²) in [7, 11) is 0. The van der Waals surface area contributed by atoms with Crippen LogP contribution in [0.2, 0.25) is 0 Å². The van der Waals surface area contributed by atoms with Crippen LogP contribution in [0.5, 0.6) is 0 Å². The van der Waals surface area contributed by atoms with Gasteiger partial charge in [0, 0.05) is 24.3 Å². The van der Waals surface area contributed by atoms with Crippen molar-refractivity contribution in [1.29, 1.82) is 0 Å². The Hall–Kier alpha value is -1.74. The fraction of sp³-hybridized carbons (Fsp3) is 0.333. The van der Waals surface area contributed by atoms with Gasteiger partial charge in [-0.15, -0.1) is 0 Å². The van der Waals surface area contributed by atoms with E-state index in [0.29, 0.717) is 0 Å². The Morgan fingerprint density at radius 3 is 2.72 bits per heavy atom. The molecule has 0 amide bonds. The first kappa shape index (κ1) is 12.7. The summed E-state index contributed by atoms with van der Waals surface area (Å²) in [5, 5.41) is 3.52. The summed E-state index contributed by atoms with van der Waals surface area (Å²) in [6, 6.07) is 6.42. The minimum Gasteiger partial charge on any atom is -0.306 e. The van der Waals surface area contributed by atoms with Gasteiger partial charge < -0.3 is 5.32 Å². The van der Waals surface area contributed by atoms with Crippen LogP contribution in [-0.4, -0.2) is 16.5 Å². The third-order valence-corrected chi connectivity index (χ3v) is 3.05. The van der Waals surface area contributed by atoms with Crippen molar-refractivity contribution in [3.8, 4) is 0 Å². The van der Waals surface area contributed by atoms with Gasteiger partial charge in [-0.2, -0.15) is 0 Å². The number of hydrogen-bond acceptors (Lipinski definition) is 3. The minimum absolute atomic E-state index is 0.186. The lowest BCUT2D eigenvalue weighted by Gasteiger charge is -2.20. The van der Waals surface area contributed by atoms with Gasteiger partial charge in [0.2, 0.25) is 0 Å². The van der Waals surface area contributed by atoms with E-state index in [9.17, 15) is 0 Å². The zero-order valence-corrected chi connectivity index (χ0v) is 11.1. The lowest BCUT2D eigenvalue weighted by atomic mass is 9.97. The molecule has 0 aliphatic heterocycles. The molecule has 2 aromatic rings. The van der Waals surface area contributed by atoms with Crippen molar-refractivity contribution in [2.45, 2.75) is 26.8 Å². The van der Waals surface area contributed by atoms with E-state index in [1.807, 2.05) is 31.6 Å². The largest absolute Gasteiger partial charge is 0.306 e. The summed E-state index contributed by atoms with van der Waals surface area (Å²) in [4.78, 5) is 8.50. The summed E-state index contributed by atoms with van der Waals surface area (Å²) in [5.74, 6) is 0. The molecule has 18 heavy (non-hydrogen) atoms. The van der Waals surface area contributed by atoms with E-state index in [0.717, 1.165) is 12.2 Å². The molecular formula is C15H19N3. The molecule has 94 valence electrons. The summed E-state index contributed by atoms with van der Waals surface area (Å²) in [6.07, 6.45) is 5.64. The van der Waals surface area contributed by atoms with Gasteiger partial charge in [-0.1, -0.05) is 6.92 Å². The van der Waals surface area contributed by atoms with Crippen molar-refractivity contribution in [1.82, 2.24) is 15.3 Å². The van der Waals surface area contributed by atoms with Crippen LogP contribution in [0.15, 0.2) is 36.8 Å². The Morgan fingerprint density at radius 1 is 1.22 bits per heavy atom. The average molecular weight is 241 g/mol. The van der Waals surface area contributed by atoms with Crippen LogP contribution in [0.1, 0.15) is 35.3 Å². The van der Waals surface area contributed by atoms with Gasteiger partial charge in [0.05, 0.1) is 6.04 Å². The third kappa shape index (κ3) is 2.74. The maximum atomic E-state index is 4.26. The molecule has 1 N–H and O–H groups in total. The highest BCUT2D eigenvalue weighted by molar-refractivity contribution is 5.34. The Bertz CT molecular complexity index is 523. The molecule has 0 saturated carbocycles. The second-order valence-corrected chi connectivity index (χ2v) is 4.45. The molecule has 2 aromatic heterocycles. The van der Waals surface area contributed by atoms with Gasteiger partial charge in [-0.05, 0) is 55.3 Å². The van der Waals surface area contributed by atoms with Gasteiger partial charge >= 0.3 is 0 Å². The highest BCUT2D eigenvalue weighted by Gasteiger charge is 2.15. The first-order chi connectivity index (χ1) is 8.72. The number of rotatable bonds is 4. The maximum absolute atomic E-state index is 4.26. The van der Waals surface area contributed by atoms with Crippen molar-refractivity contribution in [2.75, 3.05) is 6.54 Å². The van der Waals surface area contributed by atoms with E-state index < -0.39 is 0 Å².